The SMILES string of the molecule is OCC(C1CC1)C1CCNC1. The van der Waals surface area contributed by atoms with Crippen molar-refractivity contribution in [2.45, 2.75) is 19.3 Å². The Hall–Kier alpha value is -0.0800. The van der Waals surface area contributed by atoms with Crippen LogP contribution in [0.1, 0.15) is 19.3 Å². The molecule has 1 aliphatic carbocycles. The van der Waals surface area contributed by atoms with E-state index in [-0.39, 0.29) is 0 Å². The van der Waals surface area contributed by atoms with Gasteiger partial charge in [-0.15, -0.1) is 0 Å². The zero-order chi connectivity index (χ0) is 7.68. The van der Waals surface area contributed by atoms with E-state index in [2.05, 4.69) is 5.32 Å². The molecule has 1 saturated carbocycles. The van der Waals surface area contributed by atoms with Gasteiger partial charge in [0, 0.05) is 6.61 Å². The van der Waals surface area contributed by atoms with E-state index in [1.54, 1.807) is 0 Å². The summed E-state index contributed by atoms with van der Waals surface area (Å²) in [6.07, 6.45) is 4.01. The van der Waals surface area contributed by atoms with Gasteiger partial charge in [0.05, 0.1) is 0 Å². The molecule has 1 aliphatic heterocycles. The number of nitrogens with one attached hydrogen (secondary N) is 1. The van der Waals surface area contributed by atoms with Gasteiger partial charge in [-0.25, -0.2) is 0 Å². The molecule has 64 valence electrons. The summed E-state index contributed by atoms with van der Waals surface area (Å²) in [4.78, 5) is 0. The van der Waals surface area contributed by atoms with Gasteiger partial charge in [0.15, 0.2) is 0 Å². The van der Waals surface area contributed by atoms with E-state index in [4.69, 9.17) is 5.11 Å². The van der Waals surface area contributed by atoms with Gasteiger partial charge >= 0.3 is 0 Å². The number of hydrogen-bond donors (Lipinski definition) is 2. The van der Waals surface area contributed by atoms with Crippen LogP contribution in [-0.2, 0) is 0 Å². The maximum absolute atomic E-state index is 9.17. The van der Waals surface area contributed by atoms with Gasteiger partial charge in [-0.2, -0.15) is 0 Å². The Morgan fingerprint density at radius 3 is 2.55 bits per heavy atom. The second kappa shape index (κ2) is 3.11. The molecule has 2 atom stereocenters. The first kappa shape index (κ1) is 7.56. The summed E-state index contributed by atoms with van der Waals surface area (Å²) < 4.78 is 0. The number of aliphatic hydroxyl groups excluding tert-OH is 1. The molecule has 11 heavy (non-hydrogen) atoms. The smallest absolute Gasteiger partial charge is 0.0465 e. The zero-order valence-corrected chi connectivity index (χ0v) is 6.92. The van der Waals surface area contributed by atoms with Gasteiger partial charge in [-0.3, -0.25) is 0 Å². The summed E-state index contributed by atoms with van der Waals surface area (Å²) in [6.45, 7) is 2.71. The highest BCUT2D eigenvalue weighted by atomic mass is 16.3. The molecule has 0 aromatic rings. The highest BCUT2D eigenvalue weighted by Crippen LogP contribution is 2.41. The van der Waals surface area contributed by atoms with E-state index in [0.717, 1.165) is 24.9 Å². The van der Waals surface area contributed by atoms with Crippen LogP contribution in [0.4, 0.5) is 0 Å². The van der Waals surface area contributed by atoms with Gasteiger partial charge in [0.25, 0.3) is 0 Å². The molecule has 2 unspecified atom stereocenters. The molecule has 0 spiro atoms. The largest absolute Gasteiger partial charge is 0.396 e. The van der Waals surface area contributed by atoms with Crippen LogP contribution in [0, 0.1) is 17.8 Å². The molecule has 2 heteroatoms. The molecular weight excluding hydrogens is 138 g/mol. The first-order valence-electron chi connectivity index (χ1n) is 4.73. The topological polar surface area (TPSA) is 32.3 Å². The number of aliphatic hydroxyl groups is 1. The average Bonchev–Trinajstić information content (AvgIpc) is 2.68. The van der Waals surface area contributed by atoms with E-state index in [1.807, 2.05) is 0 Å². The van der Waals surface area contributed by atoms with E-state index >= 15 is 0 Å². The molecule has 2 rings (SSSR count). The monoisotopic (exact) mass is 155 g/mol. The van der Waals surface area contributed by atoms with Crippen LogP contribution in [0.15, 0.2) is 0 Å². The molecule has 2 nitrogen and oxygen atoms in total. The van der Waals surface area contributed by atoms with Crippen LogP contribution in [0.5, 0.6) is 0 Å². The van der Waals surface area contributed by atoms with Crippen molar-refractivity contribution in [1.82, 2.24) is 5.32 Å². The zero-order valence-electron chi connectivity index (χ0n) is 6.92. The molecule has 2 N–H and O–H groups in total. The van der Waals surface area contributed by atoms with Crippen LogP contribution in [0.3, 0.4) is 0 Å². The minimum atomic E-state index is 0.414. The summed E-state index contributed by atoms with van der Waals surface area (Å²) >= 11 is 0. The first-order valence-corrected chi connectivity index (χ1v) is 4.73. The maximum Gasteiger partial charge on any atom is 0.0465 e. The van der Waals surface area contributed by atoms with Crippen molar-refractivity contribution in [2.75, 3.05) is 19.7 Å². The molecule has 0 bridgehead atoms. The Balaban J connectivity index is 1.87. The molecule has 0 radical (unpaired) electrons. The molecule has 1 heterocycles. The summed E-state index contributed by atoms with van der Waals surface area (Å²) in [5.74, 6) is 2.25. The summed E-state index contributed by atoms with van der Waals surface area (Å²) in [5, 5.41) is 12.5. The van der Waals surface area contributed by atoms with Crippen LogP contribution in [-0.4, -0.2) is 24.8 Å². The van der Waals surface area contributed by atoms with Crippen molar-refractivity contribution >= 4 is 0 Å². The molecule has 1 saturated heterocycles. The van der Waals surface area contributed by atoms with E-state index in [9.17, 15) is 0 Å². The van der Waals surface area contributed by atoms with Gasteiger partial charge in [-0.05, 0) is 50.1 Å². The maximum atomic E-state index is 9.17. The lowest BCUT2D eigenvalue weighted by molar-refractivity contribution is 0.163. The van der Waals surface area contributed by atoms with Crippen LogP contribution < -0.4 is 5.32 Å². The normalized spacial score (nSPS) is 34.1. The van der Waals surface area contributed by atoms with Gasteiger partial charge in [0.1, 0.15) is 0 Å². The standard InChI is InChI=1S/C9H17NO/c11-6-9(7-1-2-7)8-3-4-10-5-8/h7-11H,1-6H2. The van der Waals surface area contributed by atoms with E-state index in [0.29, 0.717) is 12.5 Å². The van der Waals surface area contributed by atoms with Crippen LogP contribution in [0.2, 0.25) is 0 Å². The third kappa shape index (κ3) is 1.57. The first-order chi connectivity index (χ1) is 5.42. The fourth-order valence-corrected chi connectivity index (χ4v) is 2.25. The van der Waals surface area contributed by atoms with Crippen molar-refractivity contribution in [3.05, 3.63) is 0 Å². The molecule has 0 aromatic carbocycles. The average molecular weight is 155 g/mol. The van der Waals surface area contributed by atoms with Crippen LogP contribution >= 0.6 is 0 Å². The van der Waals surface area contributed by atoms with Gasteiger partial charge in [0.2, 0.25) is 0 Å². The summed E-state index contributed by atoms with van der Waals surface area (Å²) in [5.41, 5.74) is 0. The fourth-order valence-electron chi connectivity index (χ4n) is 2.25. The molecule has 0 aromatic heterocycles. The Labute approximate surface area is 68.0 Å². The minimum absolute atomic E-state index is 0.414. The summed E-state index contributed by atoms with van der Waals surface area (Å²) in [7, 11) is 0. The van der Waals surface area contributed by atoms with Crippen molar-refractivity contribution in [3.8, 4) is 0 Å². The number of rotatable bonds is 3. The minimum Gasteiger partial charge on any atom is -0.396 e. The molecule has 2 aliphatic rings. The Kier molecular flexibility index (Phi) is 2.14. The van der Waals surface area contributed by atoms with Crippen molar-refractivity contribution in [1.29, 1.82) is 0 Å². The molecule has 0 amide bonds. The third-order valence-corrected chi connectivity index (χ3v) is 3.14. The predicted octanol–water partition coefficient (Wildman–Crippen LogP) is 0.614. The van der Waals surface area contributed by atoms with E-state index < -0.39 is 0 Å². The lowest BCUT2D eigenvalue weighted by atomic mass is 9.88. The Morgan fingerprint density at radius 2 is 2.09 bits per heavy atom. The second-order valence-electron chi connectivity index (χ2n) is 3.94. The van der Waals surface area contributed by atoms with Gasteiger partial charge in [-0.1, -0.05) is 0 Å². The predicted molar refractivity (Wildman–Crippen MR) is 44.3 cm³/mol. The molecule has 2 fully saturated rings. The van der Waals surface area contributed by atoms with Crippen molar-refractivity contribution < 1.29 is 5.11 Å². The van der Waals surface area contributed by atoms with E-state index in [1.165, 1.54) is 19.3 Å². The Morgan fingerprint density at radius 1 is 1.27 bits per heavy atom. The lowest BCUT2D eigenvalue weighted by Gasteiger charge is -2.19. The fraction of sp³-hybridized carbons (Fsp3) is 1.00. The number of hydrogen-bond acceptors (Lipinski definition) is 2. The highest BCUT2D eigenvalue weighted by molar-refractivity contribution is 4.88. The van der Waals surface area contributed by atoms with Gasteiger partial charge < -0.3 is 10.4 Å². The quantitative estimate of drug-likeness (QED) is 0.626. The van der Waals surface area contributed by atoms with Crippen LogP contribution in [0.25, 0.3) is 0 Å². The highest BCUT2D eigenvalue weighted by Gasteiger charge is 2.36. The third-order valence-electron chi connectivity index (χ3n) is 3.14. The summed E-state index contributed by atoms with van der Waals surface area (Å²) in [6, 6.07) is 0. The second-order valence-corrected chi connectivity index (χ2v) is 3.94. The van der Waals surface area contributed by atoms with Crippen molar-refractivity contribution in [2.24, 2.45) is 17.8 Å². The molecular formula is C9H17NO. The van der Waals surface area contributed by atoms with Crippen molar-refractivity contribution in [3.63, 3.8) is 0 Å². The Bertz CT molecular complexity index is 128. The lowest BCUT2D eigenvalue weighted by Crippen LogP contribution is -2.22.